The summed E-state index contributed by atoms with van der Waals surface area (Å²) in [6.07, 6.45) is 48.8. The Bertz CT molecular complexity index is 703. The number of hydrogen-bond acceptors (Lipinski definition) is 0. The van der Waals surface area contributed by atoms with Crippen LogP contribution in [0.4, 0.5) is 0 Å². The Balaban J connectivity index is 3.94. The molecule has 0 nitrogen and oxygen atoms in total. The molecule has 0 aromatic carbocycles. The van der Waals surface area contributed by atoms with Gasteiger partial charge in [0.15, 0.2) is 0 Å². The molecule has 0 atom stereocenters. The van der Waals surface area contributed by atoms with E-state index in [2.05, 4.69) is 0 Å². The fourth-order valence-electron chi connectivity index (χ4n) is 1.52. The second kappa shape index (κ2) is 22.6. The van der Waals surface area contributed by atoms with Crippen LogP contribution in [0.2, 0.25) is 0 Å². The molecule has 0 N–H and O–H groups in total. The van der Waals surface area contributed by atoms with Crippen LogP contribution < -0.4 is 0 Å². The first kappa shape index (κ1) is 23.6. The van der Waals surface area contributed by atoms with E-state index in [9.17, 15) is 0 Å². The fraction of sp³-hybridized carbons (Fsp3) is 0.0370. The quantitative estimate of drug-likeness (QED) is 0.316. The zero-order chi connectivity index (χ0) is 19.7. The summed E-state index contributed by atoms with van der Waals surface area (Å²) in [6, 6.07) is 0. The van der Waals surface area contributed by atoms with Crippen LogP contribution in [-0.4, -0.2) is 0 Å². The third kappa shape index (κ3) is 22.6. The number of rotatable bonds is 12. The van der Waals surface area contributed by atoms with Crippen molar-refractivity contribution in [3.05, 3.63) is 158 Å². The molecule has 0 spiro atoms. The molecule has 0 rings (SSSR count). The van der Waals surface area contributed by atoms with Gasteiger partial charge in [0.1, 0.15) is 0 Å². The topological polar surface area (TPSA) is 0 Å². The van der Waals surface area contributed by atoms with Gasteiger partial charge in [0.05, 0.1) is 0 Å². The van der Waals surface area contributed by atoms with Crippen LogP contribution >= 0.6 is 0 Å². The molecule has 0 amide bonds. The molecule has 0 heteroatoms. The molecule has 1 radical (unpaired) electrons. The molecular formula is C27H29. The van der Waals surface area contributed by atoms with Crippen molar-refractivity contribution in [1.29, 1.82) is 0 Å². The smallest absolute Gasteiger partial charge is 0.0467 e. The van der Waals surface area contributed by atoms with Gasteiger partial charge in [-0.2, -0.15) is 0 Å². The van der Waals surface area contributed by atoms with Crippen LogP contribution in [0.1, 0.15) is 6.92 Å². The Morgan fingerprint density at radius 2 is 0.481 bits per heavy atom. The van der Waals surface area contributed by atoms with Crippen LogP contribution in [0.15, 0.2) is 152 Å². The lowest BCUT2D eigenvalue weighted by Gasteiger charge is -1.76. The molecular weight excluding hydrogens is 324 g/mol. The van der Waals surface area contributed by atoms with E-state index in [1.165, 1.54) is 6.08 Å². The average molecular weight is 354 g/mol. The third-order valence-corrected chi connectivity index (χ3v) is 2.75. The van der Waals surface area contributed by atoms with E-state index in [4.69, 9.17) is 6.58 Å². The van der Waals surface area contributed by atoms with E-state index in [-0.39, 0.29) is 0 Å². The molecule has 0 unspecified atom stereocenters. The average Bonchev–Trinajstić information content (AvgIpc) is 2.68. The summed E-state index contributed by atoms with van der Waals surface area (Å²) in [6.45, 7) is 7.21. The molecule has 0 aliphatic rings. The lowest BCUT2D eigenvalue weighted by atomic mass is 10.3. The number of hydrogen-bond donors (Lipinski definition) is 0. The standard InChI is InChI=1S/C27H29/c1-3-5-7-9-11-13-15-17-19-21-23-25-27-26-24-22-20-18-16-14-12-10-8-6-4-2/h1,3-27H,2H3/b3-1?,6-4+,7-5+,10-8+,11-9+,14-12+,15-13+,18-16+,19-17+,22-20+,23-21+,26-24+,27-25+. The van der Waals surface area contributed by atoms with Crippen molar-refractivity contribution in [3.8, 4) is 0 Å². The highest BCUT2D eigenvalue weighted by atomic mass is 13.7. The molecule has 27 heavy (non-hydrogen) atoms. The largest absolute Gasteiger partial charge is 0.0877 e. The van der Waals surface area contributed by atoms with Crippen LogP contribution in [0, 0.1) is 6.58 Å². The monoisotopic (exact) mass is 353 g/mol. The lowest BCUT2D eigenvalue weighted by molar-refractivity contribution is 1.73. The first-order valence-corrected chi connectivity index (χ1v) is 8.91. The summed E-state index contributed by atoms with van der Waals surface area (Å²) in [7, 11) is 0. The first-order chi connectivity index (χ1) is 13.4. The van der Waals surface area contributed by atoms with Crippen molar-refractivity contribution < 1.29 is 0 Å². The molecule has 0 aliphatic heterocycles. The second-order valence-electron chi connectivity index (χ2n) is 4.95. The molecule has 0 fully saturated rings. The van der Waals surface area contributed by atoms with Crippen molar-refractivity contribution >= 4 is 0 Å². The van der Waals surface area contributed by atoms with Crippen LogP contribution in [0.5, 0.6) is 0 Å². The van der Waals surface area contributed by atoms with Gasteiger partial charge in [-0.15, -0.1) is 0 Å². The number of allylic oxidation sites excluding steroid dienone is 25. The van der Waals surface area contributed by atoms with Crippen LogP contribution in [0.25, 0.3) is 0 Å². The van der Waals surface area contributed by atoms with E-state index in [1.807, 2.05) is 147 Å². The second-order valence-corrected chi connectivity index (χ2v) is 4.95. The van der Waals surface area contributed by atoms with Gasteiger partial charge in [-0.1, -0.05) is 158 Å². The van der Waals surface area contributed by atoms with Gasteiger partial charge >= 0.3 is 0 Å². The Hall–Kier alpha value is -3.38. The molecule has 137 valence electrons. The molecule has 0 aliphatic carbocycles. The van der Waals surface area contributed by atoms with Crippen molar-refractivity contribution in [1.82, 2.24) is 0 Å². The molecule has 0 saturated carbocycles. The summed E-state index contributed by atoms with van der Waals surface area (Å²) >= 11 is 0. The van der Waals surface area contributed by atoms with Gasteiger partial charge in [0, 0.05) is 0 Å². The Morgan fingerprint density at radius 1 is 0.296 bits per heavy atom. The van der Waals surface area contributed by atoms with Gasteiger partial charge in [0.25, 0.3) is 0 Å². The van der Waals surface area contributed by atoms with Gasteiger partial charge in [-0.3, -0.25) is 0 Å². The zero-order valence-corrected chi connectivity index (χ0v) is 16.0. The molecule has 0 aromatic rings. The fourth-order valence-corrected chi connectivity index (χ4v) is 1.52. The minimum absolute atomic E-state index is 1.50. The van der Waals surface area contributed by atoms with Crippen molar-refractivity contribution in [2.45, 2.75) is 6.92 Å². The summed E-state index contributed by atoms with van der Waals surface area (Å²) in [5, 5.41) is 0. The Labute approximate surface area is 165 Å². The molecule has 0 aromatic heterocycles. The van der Waals surface area contributed by atoms with Crippen LogP contribution in [-0.2, 0) is 0 Å². The van der Waals surface area contributed by atoms with Crippen molar-refractivity contribution in [2.24, 2.45) is 0 Å². The van der Waals surface area contributed by atoms with E-state index in [0.717, 1.165) is 0 Å². The van der Waals surface area contributed by atoms with Crippen molar-refractivity contribution in [2.75, 3.05) is 0 Å². The van der Waals surface area contributed by atoms with E-state index < -0.39 is 0 Å². The third-order valence-electron chi connectivity index (χ3n) is 2.75. The predicted molar refractivity (Wildman–Crippen MR) is 124 cm³/mol. The Morgan fingerprint density at radius 3 is 0.667 bits per heavy atom. The Kier molecular flexibility index (Phi) is 19.8. The van der Waals surface area contributed by atoms with Gasteiger partial charge in [-0.05, 0) is 6.92 Å². The maximum Gasteiger partial charge on any atom is -0.0467 e. The van der Waals surface area contributed by atoms with E-state index in [1.54, 1.807) is 6.08 Å². The maximum absolute atomic E-state index is 5.22. The summed E-state index contributed by atoms with van der Waals surface area (Å²) in [4.78, 5) is 0. The van der Waals surface area contributed by atoms with Crippen LogP contribution in [0.3, 0.4) is 0 Å². The summed E-state index contributed by atoms with van der Waals surface area (Å²) in [5.74, 6) is 0. The molecule has 0 bridgehead atoms. The highest BCUT2D eigenvalue weighted by molar-refractivity contribution is 5.23. The van der Waals surface area contributed by atoms with Crippen molar-refractivity contribution in [3.63, 3.8) is 0 Å². The van der Waals surface area contributed by atoms with Gasteiger partial charge in [-0.25, -0.2) is 0 Å². The SMILES string of the molecule is [CH]=C/C=C/C=C/C=C/C=C/C=C/C=C/C=C/C=C/C=C/C=C/C=C/C=C/C. The predicted octanol–water partition coefficient (Wildman–Crippen LogP) is 7.67. The van der Waals surface area contributed by atoms with Gasteiger partial charge < -0.3 is 0 Å². The van der Waals surface area contributed by atoms with Gasteiger partial charge in [0.2, 0.25) is 0 Å². The minimum atomic E-state index is 1.50. The van der Waals surface area contributed by atoms with E-state index in [0.29, 0.717) is 0 Å². The summed E-state index contributed by atoms with van der Waals surface area (Å²) < 4.78 is 0. The highest BCUT2D eigenvalue weighted by Crippen LogP contribution is 1.87. The maximum atomic E-state index is 5.22. The van der Waals surface area contributed by atoms with E-state index >= 15 is 0 Å². The normalized spacial score (nSPS) is 14.7. The highest BCUT2D eigenvalue weighted by Gasteiger charge is 1.65. The summed E-state index contributed by atoms with van der Waals surface area (Å²) in [5.41, 5.74) is 0. The molecule has 0 heterocycles. The first-order valence-electron chi connectivity index (χ1n) is 8.91. The lowest BCUT2D eigenvalue weighted by Crippen LogP contribution is -1.54. The zero-order valence-electron chi connectivity index (χ0n) is 16.0. The minimum Gasteiger partial charge on any atom is -0.0877 e. The molecule has 0 saturated heterocycles.